The smallest absolute Gasteiger partial charge is 0.256 e. The quantitative estimate of drug-likeness (QED) is 0.911. The fourth-order valence-electron chi connectivity index (χ4n) is 3.26. The molecule has 0 spiro atoms. The standard InChI is InChI=1S/C18H23N3O2/c1-21(12-17(22)20-13-7-3-2-4-8-13)18(23)15-11-19-16-10-6-5-9-14(15)16/h5-6,9-11,13,19H,2-4,7-8,12H2,1H3,(H,20,22). The molecule has 5 heteroatoms. The van der Waals surface area contributed by atoms with Crippen LogP contribution in [0.2, 0.25) is 0 Å². The van der Waals surface area contributed by atoms with Crippen LogP contribution in [0.15, 0.2) is 30.5 Å². The van der Waals surface area contributed by atoms with E-state index in [0.29, 0.717) is 5.56 Å². The maximum Gasteiger partial charge on any atom is 0.256 e. The number of carbonyl (C=O) groups excluding carboxylic acids is 2. The minimum Gasteiger partial charge on any atom is -0.360 e. The van der Waals surface area contributed by atoms with Crippen molar-refractivity contribution in [1.29, 1.82) is 0 Å². The van der Waals surface area contributed by atoms with E-state index >= 15 is 0 Å². The number of fused-ring (bicyclic) bond motifs is 1. The lowest BCUT2D eigenvalue weighted by atomic mass is 9.95. The Morgan fingerprint density at radius 3 is 2.74 bits per heavy atom. The van der Waals surface area contributed by atoms with Gasteiger partial charge in [0.1, 0.15) is 0 Å². The molecular weight excluding hydrogens is 290 g/mol. The van der Waals surface area contributed by atoms with Crippen molar-refractivity contribution >= 4 is 22.7 Å². The first kappa shape index (κ1) is 15.6. The molecule has 0 radical (unpaired) electrons. The Bertz CT molecular complexity index is 701. The number of para-hydroxylation sites is 1. The average Bonchev–Trinajstić information content (AvgIpc) is 2.99. The zero-order chi connectivity index (χ0) is 16.2. The molecule has 0 aliphatic heterocycles. The number of carbonyl (C=O) groups is 2. The Morgan fingerprint density at radius 2 is 1.96 bits per heavy atom. The van der Waals surface area contributed by atoms with Crippen LogP contribution in [0.25, 0.3) is 10.9 Å². The molecule has 1 heterocycles. The van der Waals surface area contributed by atoms with E-state index in [1.54, 1.807) is 13.2 Å². The molecule has 0 saturated heterocycles. The highest BCUT2D eigenvalue weighted by Crippen LogP contribution is 2.19. The van der Waals surface area contributed by atoms with E-state index in [9.17, 15) is 9.59 Å². The number of hydrogen-bond acceptors (Lipinski definition) is 2. The van der Waals surface area contributed by atoms with Gasteiger partial charge in [0, 0.05) is 30.2 Å². The second-order valence-electron chi connectivity index (χ2n) is 6.31. The third kappa shape index (κ3) is 3.55. The molecular formula is C18H23N3O2. The fourth-order valence-corrected chi connectivity index (χ4v) is 3.26. The topological polar surface area (TPSA) is 65.2 Å². The average molecular weight is 313 g/mol. The largest absolute Gasteiger partial charge is 0.360 e. The van der Waals surface area contributed by atoms with Gasteiger partial charge in [-0.05, 0) is 18.9 Å². The summed E-state index contributed by atoms with van der Waals surface area (Å²) in [6, 6.07) is 7.95. The molecule has 1 aliphatic rings. The Balaban J connectivity index is 1.62. The molecule has 2 amide bonds. The molecule has 3 rings (SSSR count). The van der Waals surface area contributed by atoms with E-state index in [1.165, 1.54) is 24.2 Å². The summed E-state index contributed by atoms with van der Waals surface area (Å²) in [5.41, 5.74) is 1.53. The highest BCUT2D eigenvalue weighted by molar-refractivity contribution is 6.07. The highest BCUT2D eigenvalue weighted by atomic mass is 16.2. The van der Waals surface area contributed by atoms with Crippen LogP contribution < -0.4 is 5.32 Å². The van der Waals surface area contributed by atoms with Crippen LogP contribution in [0, 0.1) is 0 Å². The number of aromatic amines is 1. The molecule has 0 unspecified atom stereocenters. The normalized spacial score (nSPS) is 15.5. The molecule has 1 aliphatic carbocycles. The van der Waals surface area contributed by atoms with Gasteiger partial charge in [0.15, 0.2) is 0 Å². The molecule has 1 fully saturated rings. The number of benzene rings is 1. The van der Waals surface area contributed by atoms with Crippen molar-refractivity contribution in [1.82, 2.24) is 15.2 Å². The molecule has 1 saturated carbocycles. The first-order valence-electron chi connectivity index (χ1n) is 8.26. The summed E-state index contributed by atoms with van der Waals surface area (Å²) in [5.74, 6) is -0.214. The Labute approximate surface area is 136 Å². The number of H-pyrrole nitrogens is 1. The zero-order valence-electron chi connectivity index (χ0n) is 13.5. The monoisotopic (exact) mass is 313 g/mol. The first-order valence-corrected chi connectivity index (χ1v) is 8.26. The second-order valence-corrected chi connectivity index (χ2v) is 6.31. The number of nitrogens with zero attached hydrogens (tertiary/aromatic N) is 1. The minimum absolute atomic E-state index is 0.0763. The van der Waals surface area contributed by atoms with Crippen LogP contribution in [-0.2, 0) is 4.79 Å². The van der Waals surface area contributed by atoms with Crippen LogP contribution >= 0.6 is 0 Å². The van der Waals surface area contributed by atoms with E-state index in [1.807, 2.05) is 24.3 Å². The number of nitrogens with one attached hydrogen (secondary N) is 2. The van der Waals surface area contributed by atoms with Crippen LogP contribution in [0.3, 0.4) is 0 Å². The molecule has 122 valence electrons. The van der Waals surface area contributed by atoms with Gasteiger partial charge in [-0.1, -0.05) is 37.5 Å². The summed E-state index contributed by atoms with van der Waals surface area (Å²) < 4.78 is 0. The number of aromatic nitrogens is 1. The van der Waals surface area contributed by atoms with Gasteiger partial charge in [-0.2, -0.15) is 0 Å². The van der Waals surface area contributed by atoms with E-state index in [2.05, 4.69) is 10.3 Å². The molecule has 0 bridgehead atoms. The van der Waals surface area contributed by atoms with Crippen molar-refractivity contribution in [3.63, 3.8) is 0 Å². The summed E-state index contributed by atoms with van der Waals surface area (Å²) in [4.78, 5) is 29.3. The van der Waals surface area contributed by atoms with Gasteiger partial charge >= 0.3 is 0 Å². The van der Waals surface area contributed by atoms with Crippen molar-refractivity contribution in [2.75, 3.05) is 13.6 Å². The van der Waals surface area contributed by atoms with Gasteiger partial charge in [0.2, 0.25) is 5.91 Å². The summed E-state index contributed by atoms with van der Waals surface area (Å²) in [7, 11) is 1.67. The van der Waals surface area contributed by atoms with E-state index < -0.39 is 0 Å². The lowest BCUT2D eigenvalue weighted by Gasteiger charge is -2.24. The lowest BCUT2D eigenvalue weighted by Crippen LogP contribution is -2.43. The van der Waals surface area contributed by atoms with Gasteiger partial charge in [-0.3, -0.25) is 9.59 Å². The second kappa shape index (κ2) is 6.86. The van der Waals surface area contributed by atoms with Gasteiger partial charge < -0.3 is 15.2 Å². The van der Waals surface area contributed by atoms with Gasteiger partial charge in [-0.15, -0.1) is 0 Å². The Kier molecular flexibility index (Phi) is 4.65. The molecule has 2 aromatic rings. The van der Waals surface area contributed by atoms with E-state index in [-0.39, 0.29) is 24.4 Å². The molecule has 0 atom stereocenters. The highest BCUT2D eigenvalue weighted by Gasteiger charge is 2.20. The first-order chi connectivity index (χ1) is 11.1. The van der Waals surface area contributed by atoms with Crippen LogP contribution in [0.5, 0.6) is 0 Å². The van der Waals surface area contributed by atoms with Crippen molar-refractivity contribution in [2.24, 2.45) is 0 Å². The maximum atomic E-state index is 12.6. The summed E-state index contributed by atoms with van der Waals surface area (Å²) in [5, 5.41) is 3.93. The third-order valence-electron chi connectivity index (χ3n) is 4.52. The summed E-state index contributed by atoms with van der Waals surface area (Å²) in [6.07, 6.45) is 7.41. The van der Waals surface area contributed by atoms with Gasteiger partial charge in [-0.25, -0.2) is 0 Å². The van der Waals surface area contributed by atoms with E-state index in [0.717, 1.165) is 23.7 Å². The molecule has 2 N–H and O–H groups in total. The minimum atomic E-state index is -0.138. The maximum absolute atomic E-state index is 12.6. The van der Waals surface area contributed by atoms with Crippen molar-refractivity contribution in [3.8, 4) is 0 Å². The van der Waals surface area contributed by atoms with E-state index in [4.69, 9.17) is 0 Å². The molecule has 1 aromatic heterocycles. The van der Waals surface area contributed by atoms with Crippen LogP contribution in [0.1, 0.15) is 42.5 Å². The van der Waals surface area contributed by atoms with Gasteiger partial charge in [0.05, 0.1) is 12.1 Å². The molecule has 1 aromatic carbocycles. The van der Waals surface area contributed by atoms with Gasteiger partial charge in [0.25, 0.3) is 5.91 Å². The van der Waals surface area contributed by atoms with Crippen molar-refractivity contribution in [2.45, 2.75) is 38.1 Å². The fraction of sp³-hybridized carbons (Fsp3) is 0.444. The Hall–Kier alpha value is -2.30. The lowest BCUT2D eigenvalue weighted by molar-refractivity contribution is -0.122. The number of likely N-dealkylation sites (N-methyl/N-ethyl adjacent to an activating group) is 1. The number of amides is 2. The summed E-state index contributed by atoms with van der Waals surface area (Å²) in [6.45, 7) is 0.0921. The van der Waals surface area contributed by atoms with Crippen molar-refractivity contribution in [3.05, 3.63) is 36.0 Å². The predicted molar refractivity (Wildman–Crippen MR) is 90.3 cm³/mol. The Morgan fingerprint density at radius 1 is 1.22 bits per heavy atom. The third-order valence-corrected chi connectivity index (χ3v) is 4.52. The molecule has 23 heavy (non-hydrogen) atoms. The number of hydrogen-bond donors (Lipinski definition) is 2. The van der Waals surface area contributed by atoms with Crippen molar-refractivity contribution < 1.29 is 9.59 Å². The predicted octanol–water partition coefficient (Wildman–Crippen LogP) is 2.69. The van der Waals surface area contributed by atoms with Crippen LogP contribution in [0.4, 0.5) is 0 Å². The SMILES string of the molecule is CN(CC(=O)NC1CCCCC1)C(=O)c1c[nH]c2ccccc12. The number of rotatable bonds is 4. The zero-order valence-corrected chi connectivity index (χ0v) is 13.5. The molecule has 5 nitrogen and oxygen atoms in total. The van der Waals surface area contributed by atoms with Crippen LogP contribution in [-0.4, -0.2) is 41.3 Å². The summed E-state index contributed by atoms with van der Waals surface area (Å²) >= 11 is 0.